The number of rotatable bonds is 1. The van der Waals surface area contributed by atoms with E-state index in [9.17, 15) is 0 Å². The van der Waals surface area contributed by atoms with Crippen molar-refractivity contribution in [2.24, 2.45) is 7.05 Å². The molecule has 0 aliphatic carbocycles. The van der Waals surface area contributed by atoms with Crippen molar-refractivity contribution in [2.45, 2.75) is 0 Å². The summed E-state index contributed by atoms with van der Waals surface area (Å²) in [5, 5.41) is 9.13. The smallest absolute Gasteiger partial charge is 0.129 e. The zero-order valence-corrected chi connectivity index (χ0v) is 9.28. The van der Waals surface area contributed by atoms with Gasteiger partial charge in [0.25, 0.3) is 0 Å². The maximum absolute atomic E-state index is 7.99. The van der Waals surface area contributed by atoms with E-state index >= 15 is 0 Å². The largest absolute Gasteiger partial charge is 0.363 e. The standard InChI is InChI=1S/C12H15N3/c1-14(2)12(13)10-8-15(3)11-7-5-4-6-9(10)11/h4-8,13H,1-3H3. The molecule has 3 heteroatoms. The molecule has 2 rings (SSSR count). The van der Waals surface area contributed by atoms with Gasteiger partial charge in [0.15, 0.2) is 0 Å². The minimum absolute atomic E-state index is 0.548. The molecule has 2 aromatic rings. The number of nitrogens with zero attached hydrogens (tertiary/aromatic N) is 2. The van der Waals surface area contributed by atoms with Gasteiger partial charge in [0.2, 0.25) is 0 Å². The number of hydrogen-bond donors (Lipinski definition) is 1. The van der Waals surface area contributed by atoms with Crippen molar-refractivity contribution in [3.63, 3.8) is 0 Å². The number of aromatic nitrogens is 1. The van der Waals surface area contributed by atoms with Crippen LogP contribution in [-0.4, -0.2) is 29.4 Å². The Morgan fingerprint density at radius 1 is 1.27 bits per heavy atom. The first kappa shape index (κ1) is 9.77. The SMILES string of the molecule is CN(C)C(=N)c1cn(C)c2ccccc12. The van der Waals surface area contributed by atoms with Gasteiger partial charge in [-0.1, -0.05) is 18.2 Å². The molecule has 1 heterocycles. The van der Waals surface area contributed by atoms with Crippen LogP contribution in [0, 0.1) is 5.41 Å². The van der Waals surface area contributed by atoms with Crippen LogP contribution >= 0.6 is 0 Å². The summed E-state index contributed by atoms with van der Waals surface area (Å²) in [5.41, 5.74) is 2.15. The number of para-hydroxylation sites is 1. The normalized spacial score (nSPS) is 10.6. The Morgan fingerprint density at radius 3 is 2.60 bits per heavy atom. The van der Waals surface area contributed by atoms with Gasteiger partial charge in [0.1, 0.15) is 5.84 Å². The molecule has 0 unspecified atom stereocenters. The van der Waals surface area contributed by atoms with Crippen LogP contribution in [0.2, 0.25) is 0 Å². The lowest BCUT2D eigenvalue weighted by Gasteiger charge is -2.12. The van der Waals surface area contributed by atoms with Gasteiger partial charge in [-0.05, 0) is 6.07 Å². The fraction of sp³-hybridized carbons (Fsp3) is 0.250. The third kappa shape index (κ3) is 1.50. The zero-order chi connectivity index (χ0) is 11.0. The summed E-state index contributed by atoms with van der Waals surface area (Å²) in [6, 6.07) is 8.16. The second-order valence-corrected chi connectivity index (χ2v) is 3.91. The van der Waals surface area contributed by atoms with Crippen molar-refractivity contribution < 1.29 is 0 Å². The van der Waals surface area contributed by atoms with Crippen molar-refractivity contribution in [2.75, 3.05) is 14.1 Å². The van der Waals surface area contributed by atoms with E-state index in [1.807, 2.05) is 44.4 Å². The maximum Gasteiger partial charge on any atom is 0.129 e. The van der Waals surface area contributed by atoms with E-state index in [1.54, 1.807) is 0 Å². The Bertz CT molecular complexity index is 509. The molecule has 78 valence electrons. The molecule has 0 bridgehead atoms. The van der Waals surface area contributed by atoms with Crippen molar-refractivity contribution in [3.05, 3.63) is 36.0 Å². The molecule has 3 nitrogen and oxygen atoms in total. The van der Waals surface area contributed by atoms with E-state index in [-0.39, 0.29) is 0 Å². The van der Waals surface area contributed by atoms with Gasteiger partial charge >= 0.3 is 0 Å². The molecule has 0 radical (unpaired) electrons. The lowest BCUT2D eigenvalue weighted by Crippen LogP contribution is -2.21. The van der Waals surface area contributed by atoms with Crippen LogP contribution in [0.4, 0.5) is 0 Å². The van der Waals surface area contributed by atoms with Crippen LogP contribution in [0.1, 0.15) is 5.56 Å². The molecular weight excluding hydrogens is 186 g/mol. The summed E-state index contributed by atoms with van der Waals surface area (Å²) in [6.07, 6.45) is 2.01. The third-order valence-electron chi connectivity index (χ3n) is 2.60. The number of fused-ring (bicyclic) bond motifs is 1. The quantitative estimate of drug-likeness (QED) is 0.556. The van der Waals surface area contributed by atoms with Crippen LogP contribution in [-0.2, 0) is 7.05 Å². The number of aryl methyl sites for hydroxylation is 1. The second-order valence-electron chi connectivity index (χ2n) is 3.91. The molecule has 0 saturated carbocycles. The van der Waals surface area contributed by atoms with E-state index in [0.717, 1.165) is 10.9 Å². The molecule has 1 N–H and O–H groups in total. The summed E-state index contributed by atoms with van der Waals surface area (Å²) >= 11 is 0. The molecule has 0 atom stereocenters. The molecular formula is C12H15N3. The van der Waals surface area contributed by atoms with Crippen LogP contribution in [0.5, 0.6) is 0 Å². The number of hydrogen-bond acceptors (Lipinski definition) is 1. The lowest BCUT2D eigenvalue weighted by atomic mass is 10.1. The summed E-state index contributed by atoms with van der Waals surface area (Å²) in [5.74, 6) is 0.548. The van der Waals surface area contributed by atoms with Crippen LogP contribution in [0.25, 0.3) is 10.9 Å². The molecule has 1 aromatic carbocycles. The predicted octanol–water partition coefficient (Wildman–Crippen LogP) is 2.07. The summed E-state index contributed by atoms with van der Waals surface area (Å²) in [6.45, 7) is 0. The molecule has 0 spiro atoms. The van der Waals surface area contributed by atoms with Crippen LogP contribution in [0.3, 0.4) is 0 Å². The third-order valence-corrected chi connectivity index (χ3v) is 2.60. The Labute approximate surface area is 89.4 Å². The summed E-state index contributed by atoms with van der Waals surface area (Å²) in [4.78, 5) is 1.82. The minimum atomic E-state index is 0.548. The monoisotopic (exact) mass is 201 g/mol. The summed E-state index contributed by atoms with van der Waals surface area (Å²) < 4.78 is 2.06. The van der Waals surface area contributed by atoms with E-state index in [2.05, 4.69) is 16.7 Å². The Hall–Kier alpha value is -1.77. The fourth-order valence-electron chi connectivity index (χ4n) is 1.77. The van der Waals surface area contributed by atoms with Crippen LogP contribution < -0.4 is 0 Å². The van der Waals surface area contributed by atoms with Crippen LogP contribution in [0.15, 0.2) is 30.5 Å². The van der Waals surface area contributed by atoms with Crippen molar-refractivity contribution >= 4 is 16.7 Å². The van der Waals surface area contributed by atoms with Gasteiger partial charge in [0, 0.05) is 43.8 Å². The topological polar surface area (TPSA) is 32.0 Å². The Balaban J connectivity index is 2.67. The highest BCUT2D eigenvalue weighted by molar-refractivity contribution is 6.08. The van der Waals surface area contributed by atoms with E-state index < -0.39 is 0 Å². The number of amidine groups is 1. The van der Waals surface area contributed by atoms with Gasteiger partial charge in [-0.25, -0.2) is 0 Å². The first-order valence-electron chi connectivity index (χ1n) is 4.91. The first-order valence-corrected chi connectivity index (χ1v) is 4.91. The maximum atomic E-state index is 7.99. The van der Waals surface area contributed by atoms with Crippen molar-refractivity contribution in [3.8, 4) is 0 Å². The molecule has 15 heavy (non-hydrogen) atoms. The molecule has 0 fully saturated rings. The number of nitrogens with one attached hydrogen (secondary N) is 1. The average Bonchev–Trinajstić information content (AvgIpc) is 2.56. The highest BCUT2D eigenvalue weighted by Crippen LogP contribution is 2.20. The average molecular weight is 201 g/mol. The molecule has 0 aliphatic heterocycles. The van der Waals surface area contributed by atoms with E-state index in [0.29, 0.717) is 5.84 Å². The minimum Gasteiger partial charge on any atom is -0.363 e. The van der Waals surface area contributed by atoms with Gasteiger partial charge in [-0.3, -0.25) is 5.41 Å². The molecule has 0 amide bonds. The van der Waals surface area contributed by atoms with Crippen molar-refractivity contribution in [1.29, 1.82) is 5.41 Å². The number of benzene rings is 1. The predicted molar refractivity (Wildman–Crippen MR) is 63.4 cm³/mol. The molecule has 0 aliphatic rings. The van der Waals surface area contributed by atoms with E-state index in [4.69, 9.17) is 5.41 Å². The highest BCUT2D eigenvalue weighted by Gasteiger charge is 2.11. The summed E-state index contributed by atoms with van der Waals surface area (Å²) in [7, 11) is 5.79. The Kier molecular flexibility index (Phi) is 2.23. The second kappa shape index (κ2) is 3.42. The lowest BCUT2D eigenvalue weighted by molar-refractivity contribution is 0.619. The first-order chi connectivity index (χ1) is 7.11. The highest BCUT2D eigenvalue weighted by atomic mass is 15.1. The zero-order valence-electron chi connectivity index (χ0n) is 9.28. The van der Waals surface area contributed by atoms with Gasteiger partial charge in [0.05, 0.1) is 0 Å². The Morgan fingerprint density at radius 2 is 1.93 bits per heavy atom. The van der Waals surface area contributed by atoms with Gasteiger partial charge in [-0.15, -0.1) is 0 Å². The van der Waals surface area contributed by atoms with Gasteiger partial charge in [-0.2, -0.15) is 0 Å². The van der Waals surface area contributed by atoms with E-state index in [1.165, 1.54) is 5.52 Å². The fourth-order valence-corrected chi connectivity index (χ4v) is 1.77. The molecule has 1 aromatic heterocycles. The van der Waals surface area contributed by atoms with Gasteiger partial charge < -0.3 is 9.47 Å². The van der Waals surface area contributed by atoms with Crippen molar-refractivity contribution in [1.82, 2.24) is 9.47 Å². The molecule has 0 saturated heterocycles.